The van der Waals surface area contributed by atoms with Crippen LogP contribution in [0.5, 0.6) is 0 Å². The molecular formula is C21H13F4N3O5S. The Hall–Kier alpha value is -4.00. The van der Waals surface area contributed by atoms with Gasteiger partial charge in [-0.1, -0.05) is 23.5 Å². The minimum atomic E-state index is -5.12. The van der Waals surface area contributed by atoms with Gasteiger partial charge in [-0.05, 0) is 29.8 Å². The quantitative estimate of drug-likeness (QED) is 0.439. The predicted molar refractivity (Wildman–Crippen MR) is 114 cm³/mol. The summed E-state index contributed by atoms with van der Waals surface area (Å²) in [6, 6.07) is 6.76. The van der Waals surface area contributed by atoms with Gasteiger partial charge in [0.25, 0.3) is 5.56 Å². The van der Waals surface area contributed by atoms with Crippen molar-refractivity contribution in [2.45, 2.75) is 12.7 Å². The zero-order valence-electron chi connectivity index (χ0n) is 17.1. The number of carboxylic acids is 1. The molecule has 0 aliphatic rings. The van der Waals surface area contributed by atoms with Crippen molar-refractivity contribution in [3.8, 4) is 5.69 Å². The maximum Gasteiger partial charge on any atom is 0.419 e. The van der Waals surface area contributed by atoms with Crippen LogP contribution in [-0.4, -0.2) is 24.8 Å². The Kier molecular flexibility index (Phi) is 5.52. The molecule has 0 saturated heterocycles. The number of aromatic carboxylic acids is 1. The zero-order valence-corrected chi connectivity index (χ0v) is 17.9. The Morgan fingerprint density at radius 2 is 1.82 bits per heavy atom. The molecule has 0 aliphatic carbocycles. The predicted octanol–water partition coefficient (Wildman–Crippen LogP) is 2.82. The second-order valence-corrected chi connectivity index (χ2v) is 8.24. The maximum atomic E-state index is 14.0. The van der Waals surface area contributed by atoms with E-state index in [0.717, 1.165) is 34.2 Å². The Morgan fingerprint density at radius 1 is 1.12 bits per heavy atom. The van der Waals surface area contributed by atoms with Gasteiger partial charge in [0.05, 0.1) is 28.0 Å². The topological polar surface area (TPSA) is 103 Å². The van der Waals surface area contributed by atoms with Gasteiger partial charge in [-0.15, -0.1) is 0 Å². The normalized spacial score (nSPS) is 11.8. The largest absolute Gasteiger partial charge is 0.477 e. The highest BCUT2D eigenvalue weighted by molar-refractivity contribution is 7.16. The van der Waals surface area contributed by atoms with E-state index in [2.05, 4.69) is 0 Å². The van der Waals surface area contributed by atoms with Gasteiger partial charge in [0.1, 0.15) is 11.4 Å². The van der Waals surface area contributed by atoms with Crippen LogP contribution >= 0.6 is 11.3 Å². The summed E-state index contributed by atoms with van der Waals surface area (Å²) >= 11 is 0.861. The van der Waals surface area contributed by atoms with E-state index >= 15 is 0 Å². The van der Waals surface area contributed by atoms with Gasteiger partial charge in [0.2, 0.25) is 0 Å². The third kappa shape index (κ3) is 3.83. The molecule has 0 fully saturated rings. The van der Waals surface area contributed by atoms with Crippen LogP contribution in [-0.2, 0) is 19.8 Å². The number of benzene rings is 2. The average Bonchev–Trinajstić information content (AvgIpc) is 3.03. The molecule has 0 amide bonds. The number of halogens is 4. The van der Waals surface area contributed by atoms with Crippen molar-refractivity contribution >= 4 is 27.5 Å². The molecule has 34 heavy (non-hydrogen) atoms. The molecule has 1 N–H and O–H groups in total. The van der Waals surface area contributed by atoms with Crippen LogP contribution in [0.1, 0.15) is 21.5 Å². The third-order valence-electron chi connectivity index (χ3n) is 5.17. The van der Waals surface area contributed by atoms with Crippen LogP contribution in [0.15, 0.2) is 57.0 Å². The summed E-state index contributed by atoms with van der Waals surface area (Å²) in [5.74, 6) is -3.31. The fourth-order valence-corrected chi connectivity index (χ4v) is 4.45. The summed E-state index contributed by atoms with van der Waals surface area (Å²) in [5, 5.41) is 9.45. The molecule has 0 saturated carbocycles. The fraction of sp³-hybridized carbons (Fsp3) is 0.143. The van der Waals surface area contributed by atoms with E-state index in [9.17, 15) is 41.8 Å². The van der Waals surface area contributed by atoms with Gasteiger partial charge >= 0.3 is 22.7 Å². The summed E-state index contributed by atoms with van der Waals surface area (Å²) in [5.41, 5.74) is -5.15. The highest BCUT2D eigenvalue weighted by Crippen LogP contribution is 2.34. The van der Waals surface area contributed by atoms with Gasteiger partial charge in [-0.3, -0.25) is 18.7 Å². The van der Waals surface area contributed by atoms with E-state index in [0.29, 0.717) is 20.9 Å². The molecule has 0 bridgehead atoms. The van der Waals surface area contributed by atoms with Gasteiger partial charge < -0.3 is 9.67 Å². The van der Waals surface area contributed by atoms with E-state index in [-0.39, 0.29) is 10.6 Å². The van der Waals surface area contributed by atoms with Crippen molar-refractivity contribution in [2.24, 2.45) is 7.05 Å². The number of fused-ring (bicyclic) bond motifs is 1. The van der Waals surface area contributed by atoms with Crippen molar-refractivity contribution in [2.75, 3.05) is 0 Å². The smallest absolute Gasteiger partial charge is 0.419 e. The van der Waals surface area contributed by atoms with Gasteiger partial charge in [0.15, 0.2) is 0 Å². The summed E-state index contributed by atoms with van der Waals surface area (Å²) in [4.78, 5) is 49.1. The van der Waals surface area contributed by atoms with Gasteiger partial charge in [-0.25, -0.2) is 14.0 Å². The number of aryl methyl sites for hydroxylation is 1. The van der Waals surface area contributed by atoms with Crippen LogP contribution in [0.4, 0.5) is 17.6 Å². The first-order valence-electron chi connectivity index (χ1n) is 9.44. The van der Waals surface area contributed by atoms with E-state index in [1.807, 2.05) is 0 Å². The number of nitrogens with zero attached hydrogens (tertiary/aromatic N) is 3. The van der Waals surface area contributed by atoms with E-state index < -0.39 is 52.4 Å². The Morgan fingerprint density at radius 3 is 2.47 bits per heavy atom. The fourth-order valence-electron chi connectivity index (χ4n) is 3.53. The zero-order chi connectivity index (χ0) is 24.9. The highest BCUT2D eigenvalue weighted by Gasteiger charge is 2.37. The van der Waals surface area contributed by atoms with E-state index in [1.54, 1.807) is 0 Å². The van der Waals surface area contributed by atoms with Crippen molar-refractivity contribution < 1.29 is 27.5 Å². The molecular weight excluding hydrogens is 482 g/mol. The molecule has 0 aliphatic heterocycles. The first-order valence-corrected chi connectivity index (χ1v) is 10.3. The van der Waals surface area contributed by atoms with Gasteiger partial charge in [0, 0.05) is 13.2 Å². The van der Waals surface area contributed by atoms with Crippen LogP contribution in [0, 0.1) is 5.82 Å². The molecule has 8 nitrogen and oxygen atoms in total. The minimum Gasteiger partial charge on any atom is -0.477 e. The number of aromatic nitrogens is 3. The lowest BCUT2D eigenvalue weighted by Crippen LogP contribution is -2.42. The molecule has 2 aromatic carbocycles. The lowest BCUT2D eigenvalue weighted by atomic mass is 10.1. The summed E-state index contributed by atoms with van der Waals surface area (Å²) in [6.45, 7) is -1.02. The van der Waals surface area contributed by atoms with Crippen LogP contribution < -0.4 is 16.1 Å². The van der Waals surface area contributed by atoms with Crippen molar-refractivity contribution in [1.29, 1.82) is 0 Å². The second kappa shape index (κ2) is 8.09. The molecule has 2 heterocycles. The van der Waals surface area contributed by atoms with Crippen molar-refractivity contribution in [3.05, 3.63) is 95.6 Å². The number of hydrogen-bond acceptors (Lipinski definition) is 5. The van der Waals surface area contributed by atoms with Crippen LogP contribution in [0.2, 0.25) is 0 Å². The molecule has 13 heteroatoms. The lowest BCUT2D eigenvalue weighted by molar-refractivity contribution is -0.140. The molecule has 0 atom stereocenters. The van der Waals surface area contributed by atoms with Crippen LogP contribution in [0.3, 0.4) is 0 Å². The number of rotatable bonds is 4. The van der Waals surface area contributed by atoms with Gasteiger partial charge in [-0.2, -0.15) is 13.2 Å². The summed E-state index contributed by atoms with van der Waals surface area (Å²) in [7, 11) is 1.53. The third-order valence-corrected chi connectivity index (χ3v) is 6.16. The first-order chi connectivity index (χ1) is 15.9. The SMILES string of the molecule is Cn1c(=O)sc2cc(-n3cc(C(=O)O)c(=O)n(Cc4cccc(F)c4C(F)(F)F)c3=O)ccc21. The lowest BCUT2D eigenvalue weighted by Gasteiger charge is -2.16. The highest BCUT2D eigenvalue weighted by atomic mass is 32.1. The molecule has 0 radical (unpaired) electrons. The Balaban J connectivity index is 1.97. The van der Waals surface area contributed by atoms with Crippen molar-refractivity contribution in [1.82, 2.24) is 13.7 Å². The summed E-state index contributed by atoms with van der Waals surface area (Å²) < 4.78 is 57.1. The Bertz CT molecular complexity index is 1650. The number of thiazole rings is 1. The molecule has 4 rings (SSSR count). The summed E-state index contributed by atoms with van der Waals surface area (Å²) in [6.07, 6.45) is -4.36. The standard InChI is InChI=1S/C21H13F4N3O5S/c1-26-14-6-5-11(7-15(14)34-20(26)33)27-9-12(18(30)31)17(29)28(19(27)32)8-10-3-2-4-13(22)16(10)21(23,24)25/h2-7,9H,8H2,1H3,(H,30,31). The van der Waals surface area contributed by atoms with E-state index in [1.165, 1.54) is 29.8 Å². The van der Waals surface area contributed by atoms with Crippen LogP contribution in [0.25, 0.3) is 15.9 Å². The average molecular weight is 495 g/mol. The Labute approximate surface area is 190 Å². The maximum absolute atomic E-state index is 14.0. The van der Waals surface area contributed by atoms with E-state index in [4.69, 9.17) is 0 Å². The number of alkyl halides is 3. The monoisotopic (exact) mass is 495 g/mol. The number of hydrogen-bond donors (Lipinski definition) is 1. The first kappa shape index (κ1) is 23.2. The molecule has 0 unspecified atom stereocenters. The number of carboxylic acid groups (broad SMARTS) is 1. The molecule has 0 spiro atoms. The number of carbonyl (C=O) groups is 1. The second-order valence-electron chi connectivity index (χ2n) is 7.24. The minimum absolute atomic E-state index is 0.0749. The molecule has 2 aromatic heterocycles. The molecule has 176 valence electrons. The van der Waals surface area contributed by atoms with Crippen molar-refractivity contribution in [3.63, 3.8) is 0 Å². The molecule has 4 aromatic rings.